The first-order valence-electron chi connectivity index (χ1n) is 6.57. The highest BCUT2D eigenvalue weighted by Crippen LogP contribution is 2.33. The van der Waals surface area contributed by atoms with Gasteiger partial charge in [-0.1, -0.05) is 19.1 Å². The summed E-state index contributed by atoms with van der Waals surface area (Å²) in [5.74, 6) is -0.0595. The van der Waals surface area contributed by atoms with Gasteiger partial charge in [-0.15, -0.1) is 11.6 Å². The van der Waals surface area contributed by atoms with Crippen LogP contribution in [0, 0.1) is 0 Å². The lowest BCUT2D eigenvalue weighted by Crippen LogP contribution is -2.51. The van der Waals surface area contributed by atoms with Crippen molar-refractivity contribution in [2.75, 3.05) is 23.9 Å². The molecule has 1 aromatic carbocycles. The van der Waals surface area contributed by atoms with Crippen LogP contribution in [-0.4, -0.2) is 36.9 Å². The van der Waals surface area contributed by atoms with Crippen molar-refractivity contribution in [2.24, 2.45) is 0 Å². The summed E-state index contributed by atoms with van der Waals surface area (Å²) >= 11 is 5.63. The van der Waals surface area contributed by atoms with Gasteiger partial charge in [-0.25, -0.2) is 0 Å². The van der Waals surface area contributed by atoms with Crippen LogP contribution < -0.4 is 15.0 Å². The number of nitrogens with zero attached hydrogens (tertiary/aromatic N) is 1. The Balaban J connectivity index is 2.22. The number of carbonyl (C=O) groups is 2. The fourth-order valence-electron chi connectivity index (χ4n) is 2.04. The Bertz CT molecular complexity index is 507. The zero-order chi connectivity index (χ0) is 14.5. The molecule has 1 aromatic rings. The van der Waals surface area contributed by atoms with Gasteiger partial charge in [0.25, 0.3) is 5.91 Å². The number of para-hydroxylation sites is 2. The number of benzene rings is 1. The lowest BCUT2D eigenvalue weighted by atomic mass is 10.1. The highest BCUT2D eigenvalue weighted by atomic mass is 35.5. The zero-order valence-corrected chi connectivity index (χ0v) is 12.0. The molecule has 0 fully saturated rings. The summed E-state index contributed by atoms with van der Waals surface area (Å²) in [6, 6.07) is 7.13. The monoisotopic (exact) mass is 296 g/mol. The van der Waals surface area contributed by atoms with Gasteiger partial charge in [0.2, 0.25) is 5.91 Å². The molecule has 2 amide bonds. The van der Waals surface area contributed by atoms with Gasteiger partial charge in [-0.05, 0) is 18.6 Å². The van der Waals surface area contributed by atoms with Crippen LogP contribution >= 0.6 is 11.6 Å². The summed E-state index contributed by atoms with van der Waals surface area (Å²) in [4.78, 5) is 25.4. The Kier molecular flexibility index (Phi) is 4.84. The lowest BCUT2D eigenvalue weighted by Gasteiger charge is -2.33. The summed E-state index contributed by atoms with van der Waals surface area (Å²) in [5, 5.41) is 2.78. The van der Waals surface area contributed by atoms with Crippen molar-refractivity contribution in [3.05, 3.63) is 24.3 Å². The van der Waals surface area contributed by atoms with Crippen LogP contribution in [0.2, 0.25) is 0 Å². The zero-order valence-electron chi connectivity index (χ0n) is 11.3. The van der Waals surface area contributed by atoms with Gasteiger partial charge in [-0.3, -0.25) is 9.59 Å². The third-order valence-corrected chi connectivity index (χ3v) is 3.26. The molecule has 1 aliphatic rings. The van der Waals surface area contributed by atoms with Crippen LogP contribution in [0.1, 0.15) is 13.3 Å². The number of halogens is 1. The molecule has 1 unspecified atom stereocenters. The molecule has 0 spiro atoms. The van der Waals surface area contributed by atoms with E-state index >= 15 is 0 Å². The Labute approximate surface area is 122 Å². The largest absolute Gasteiger partial charge is 0.477 e. The molecule has 1 atom stereocenters. The summed E-state index contributed by atoms with van der Waals surface area (Å²) < 4.78 is 5.67. The van der Waals surface area contributed by atoms with Crippen LogP contribution in [-0.2, 0) is 9.59 Å². The first-order chi connectivity index (χ1) is 9.67. The van der Waals surface area contributed by atoms with E-state index in [4.69, 9.17) is 16.3 Å². The Morgan fingerprint density at radius 1 is 1.45 bits per heavy atom. The van der Waals surface area contributed by atoms with E-state index in [9.17, 15) is 9.59 Å². The number of anilines is 1. The number of carbonyl (C=O) groups excluding carboxylic acids is 2. The molecule has 6 heteroatoms. The number of hydrogen-bond acceptors (Lipinski definition) is 3. The van der Waals surface area contributed by atoms with Crippen LogP contribution in [0.15, 0.2) is 24.3 Å². The third kappa shape index (κ3) is 3.04. The number of hydrogen-bond donors (Lipinski definition) is 1. The van der Waals surface area contributed by atoms with Crippen molar-refractivity contribution >= 4 is 29.1 Å². The van der Waals surface area contributed by atoms with Gasteiger partial charge in [0.1, 0.15) is 11.6 Å². The number of fused-ring (bicyclic) bond motifs is 1. The highest BCUT2D eigenvalue weighted by molar-refractivity contribution is 6.29. The molecule has 108 valence electrons. The standard InChI is InChI=1S/C14H17ClN2O3/c1-2-7-16-14(19)12-9-17(13(18)8-15)10-5-3-4-6-11(10)20-12/h3-6,12H,2,7-9H2,1H3,(H,16,19). The maximum atomic E-state index is 12.0. The van der Waals surface area contributed by atoms with E-state index in [0.717, 1.165) is 6.42 Å². The van der Waals surface area contributed by atoms with Crippen LogP contribution in [0.3, 0.4) is 0 Å². The molecule has 20 heavy (non-hydrogen) atoms. The predicted molar refractivity (Wildman–Crippen MR) is 77.2 cm³/mol. The molecule has 1 aliphatic heterocycles. The van der Waals surface area contributed by atoms with Crippen molar-refractivity contribution in [3.63, 3.8) is 0 Å². The topological polar surface area (TPSA) is 58.6 Å². The number of alkyl halides is 1. The molecule has 0 radical (unpaired) electrons. The SMILES string of the molecule is CCCNC(=O)C1CN(C(=O)CCl)c2ccccc2O1. The first kappa shape index (κ1) is 14.7. The molecule has 0 saturated carbocycles. The number of amides is 2. The quantitative estimate of drug-likeness (QED) is 0.858. The maximum absolute atomic E-state index is 12.0. The summed E-state index contributed by atoms with van der Waals surface area (Å²) in [5.41, 5.74) is 0.651. The van der Waals surface area contributed by atoms with E-state index in [2.05, 4.69) is 5.32 Å². The van der Waals surface area contributed by atoms with E-state index < -0.39 is 6.10 Å². The molecule has 0 saturated heterocycles. The third-order valence-electron chi connectivity index (χ3n) is 3.03. The number of rotatable bonds is 4. The number of nitrogens with one attached hydrogen (secondary N) is 1. The molecular formula is C14H17ClN2O3. The number of ether oxygens (including phenoxy) is 1. The normalized spacial score (nSPS) is 17.1. The molecule has 0 aromatic heterocycles. The minimum atomic E-state index is -0.705. The fraction of sp³-hybridized carbons (Fsp3) is 0.429. The lowest BCUT2D eigenvalue weighted by molar-refractivity contribution is -0.128. The Hall–Kier alpha value is -1.75. The van der Waals surface area contributed by atoms with Crippen LogP contribution in [0.25, 0.3) is 0 Å². The van der Waals surface area contributed by atoms with Gasteiger partial charge in [0.05, 0.1) is 12.2 Å². The van der Waals surface area contributed by atoms with Gasteiger partial charge in [0, 0.05) is 6.54 Å². The molecule has 2 rings (SSSR count). The molecule has 0 aliphatic carbocycles. The average molecular weight is 297 g/mol. The van der Waals surface area contributed by atoms with E-state index in [-0.39, 0.29) is 24.2 Å². The minimum absolute atomic E-state index is 0.127. The molecular weight excluding hydrogens is 280 g/mol. The first-order valence-corrected chi connectivity index (χ1v) is 7.10. The second-order valence-electron chi connectivity index (χ2n) is 4.50. The van der Waals surface area contributed by atoms with Crippen molar-refractivity contribution in [1.82, 2.24) is 5.32 Å². The highest BCUT2D eigenvalue weighted by Gasteiger charge is 2.33. The summed E-state index contributed by atoms with van der Waals surface area (Å²) in [6.07, 6.45) is 0.142. The van der Waals surface area contributed by atoms with Gasteiger partial charge in [0.15, 0.2) is 6.10 Å². The summed E-state index contributed by atoms with van der Waals surface area (Å²) in [7, 11) is 0. The Morgan fingerprint density at radius 2 is 2.20 bits per heavy atom. The van der Waals surface area contributed by atoms with Gasteiger partial charge < -0.3 is 15.0 Å². The average Bonchev–Trinajstić information content (AvgIpc) is 2.50. The second kappa shape index (κ2) is 6.61. The molecule has 0 bridgehead atoms. The predicted octanol–water partition coefficient (Wildman–Crippen LogP) is 1.55. The van der Waals surface area contributed by atoms with Crippen molar-refractivity contribution in [3.8, 4) is 5.75 Å². The van der Waals surface area contributed by atoms with Crippen molar-refractivity contribution in [1.29, 1.82) is 0 Å². The van der Waals surface area contributed by atoms with Gasteiger partial charge >= 0.3 is 0 Å². The molecule has 5 nitrogen and oxygen atoms in total. The van der Waals surface area contributed by atoms with E-state index in [1.807, 2.05) is 13.0 Å². The minimum Gasteiger partial charge on any atom is -0.477 e. The second-order valence-corrected chi connectivity index (χ2v) is 4.77. The van der Waals surface area contributed by atoms with Crippen molar-refractivity contribution < 1.29 is 14.3 Å². The smallest absolute Gasteiger partial charge is 0.262 e. The summed E-state index contributed by atoms with van der Waals surface area (Å²) in [6.45, 7) is 2.74. The van der Waals surface area contributed by atoms with E-state index in [0.29, 0.717) is 18.0 Å². The molecule has 1 heterocycles. The van der Waals surface area contributed by atoms with Crippen molar-refractivity contribution in [2.45, 2.75) is 19.4 Å². The van der Waals surface area contributed by atoms with Crippen LogP contribution in [0.5, 0.6) is 5.75 Å². The molecule has 1 N–H and O–H groups in total. The fourth-order valence-corrected chi connectivity index (χ4v) is 2.19. The van der Waals surface area contributed by atoms with Crippen LogP contribution in [0.4, 0.5) is 5.69 Å². The van der Waals surface area contributed by atoms with E-state index in [1.165, 1.54) is 4.90 Å². The van der Waals surface area contributed by atoms with Gasteiger partial charge in [-0.2, -0.15) is 0 Å². The maximum Gasteiger partial charge on any atom is 0.262 e. The Morgan fingerprint density at radius 3 is 2.90 bits per heavy atom. The van der Waals surface area contributed by atoms with E-state index in [1.54, 1.807) is 18.2 Å².